The van der Waals surface area contributed by atoms with E-state index in [0.29, 0.717) is 16.6 Å². The Morgan fingerprint density at radius 2 is 2.26 bits per heavy atom. The van der Waals surface area contributed by atoms with Crippen molar-refractivity contribution in [2.24, 2.45) is 5.11 Å². The number of H-pyrrole nitrogens is 1. The molecule has 0 amide bonds. The van der Waals surface area contributed by atoms with E-state index in [1.807, 2.05) is 0 Å². The topological polar surface area (TPSA) is 157 Å². The van der Waals surface area contributed by atoms with Crippen LogP contribution in [0.15, 0.2) is 17.6 Å². The first-order valence-electron chi connectivity index (χ1n) is 5.59. The van der Waals surface area contributed by atoms with Gasteiger partial charge in [-0.1, -0.05) is 5.11 Å². The first kappa shape index (κ1) is 13.1. The Labute approximate surface area is 107 Å². The van der Waals surface area contributed by atoms with Gasteiger partial charge in [-0.15, -0.1) is 0 Å². The summed E-state index contributed by atoms with van der Waals surface area (Å²) in [6.07, 6.45) is 0.755. The van der Waals surface area contributed by atoms with Crippen molar-refractivity contribution in [2.45, 2.75) is 18.6 Å². The highest BCUT2D eigenvalue weighted by atomic mass is 16.3. The Morgan fingerprint density at radius 3 is 3.00 bits per heavy atom. The lowest BCUT2D eigenvalue weighted by Gasteiger charge is -2.16. The van der Waals surface area contributed by atoms with Crippen LogP contribution in [0.4, 0.5) is 5.82 Å². The van der Waals surface area contributed by atoms with Crippen LogP contribution in [-0.4, -0.2) is 37.8 Å². The van der Waals surface area contributed by atoms with Crippen LogP contribution in [0, 0.1) is 0 Å². The van der Waals surface area contributed by atoms with Crippen LogP contribution in [0.2, 0.25) is 0 Å². The van der Waals surface area contributed by atoms with Crippen molar-refractivity contribution in [2.75, 3.05) is 12.3 Å². The maximum Gasteiger partial charge on any atom is 0.143 e. The van der Waals surface area contributed by atoms with Gasteiger partial charge in [0, 0.05) is 23.2 Å². The minimum Gasteiger partial charge on any atom is -0.390 e. The standard InChI is InChI=1S/C10H13N7O2/c11-9-7-5(3-13-10(7)15-4-14-9)8(19)6(18)1-2-16-17-12/h3-4,6,8,18-19H,1-2H2,(H3,11,13,14,15). The molecule has 2 aromatic heterocycles. The molecule has 0 bridgehead atoms. The van der Waals surface area contributed by atoms with Gasteiger partial charge < -0.3 is 20.9 Å². The molecule has 0 saturated carbocycles. The number of hydrogen-bond donors (Lipinski definition) is 4. The molecule has 2 atom stereocenters. The molecule has 19 heavy (non-hydrogen) atoms. The van der Waals surface area contributed by atoms with Gasteiger partial charge in [-0.2, -0.15) is 0 Å². The molecular formula is C10H13N7O2. The van der Waals surface area contributed by atoms with E-state index >= 15 is 0 Å². The number of anilines is 1. The Morgan fingerprint density at radius 1 is 1.47 bits per heavy atom. The third-order valence-corrected chi connectivity index (χ3v) is 2.80. The summed E-state index contributed by atoms with van der Waals surface area (Å²) in [5, 5.41) is 23.7. The van der Waals surface area contributed by atoms with E-state index in [-0.39, 0.29) is 18.8 Å². The van der Waals surface area contributed by atoms with Gasteiger partial charge in [-0.05, 0) is 12.0 Å². The normalized spacial score (nSPS) is 14.0. The quantitative estimate of drug-likeness (QED) is 0.353. The van der Waals surface area contributed by atoms with Gasteiger partial charge in [0.1, 0.15) is 23.9 Å². The van der Waals surface area contributed by atoms with Crippen LogP contribution in [-0.2, 0) is 0 Å². The minimum absolute atomic E-state index is 0.100. The number of rotatable bonds is 5. The predicted octanol–water partition coefficient (Wildman–Crippen LogP) is 0.635. The molecule has 0 aliphatic heterocycles. The second kappa shape index (κ2) is 5.53. The molecule has 0 radical (unpaired) electrons. The van der Waals surface area contributed by atoms with Gasteiger partial charge in [-0.3, -0.25) is 0 Å². The summed E-state index contributed by atoms with van der Waals surface area (Å²) in [7, 11) is 0. The highest BCUT2D eigenvalue weighted by Crippen LogP contribution is 2.29. The van der Waals surface area contributed by atoms with Crippen LogP contribution in [0.1, 0.15) is 18.1 Å². The molecular weight excluding hydrogens is 250 g/mol. The monoisotopic (exact) mass is 263 g/mol. The summed E-state index contributed by atoms with van der Waals surface area (Å²) >= 11 is 0. The molecule has 0 fully saturated rings. The van der Waals surface area contributed by atoms with Gasteiger partial charge in [0.25, 0.3) is 0 Å². The summed E-state index contributed by atoms with van der Waals surface area (Å²) in [6.45, 7) is 0.100. The zero-order valence-corrected chi connectivity index (χ0v) is 9.93. The summed E-state index contributed by atoms with van der Waals surface area (Å²) in [5.74, 6) is 0.225. The van der Waals surface area contributed by atoms with Gasteiger partial charge in [0.15, 0.2) is 0 Å². The van der Waals surface area contributed by atoms with Crippen LogP contribution in [0.3, 0.4) is 0 Å². The number of aromatic amines is 1. The zero-order chi connectivity index (χ0) is 13.8. The second-order valence-electron chi connectivity index (χ2n) is 3.98. The summed E-state index contributed by atoms with van der Waals surface area (Å²) < 4.78 is 0. The Balaban J connectivity index is 2.26. The third kappa shape index (κ3) is 2.58. The number of hydrogen-bond acceptors (Lipinski definition) is 6. The van der Waals surface area contributed by atoms with Crippen molar-refractivity contribution in [3.05, 3.63) is 28.5 Å². The number of azide groups is 1. The van der Waals surface area contributed by atoms with E-state index in [2.05, 4.69) is 25.0 Å². The van der Waals surface area contributed by atoms with Gasteiger partial charge in [0.05, 0.1) is 11.5 Å². The lowest BCUT2D eigenvalue weighted by molar-refractivity contribution is 0.0159. The molecule has 9 heteroatoms. The summed E-state index contributed by atoms with van der Waals surface area (Å²) in [4.78, 5) is 13.2. The highest BCUT2D eigenvalue weighted by Gasteiger charge is 2.22. The average molecular weight is 263 g/mol. The van der Waals surface area contributed by atoms with E-state index in [4.69, 9.17) is 11.3 Å². The number of fused-ring (bicyclic) bond motifs is 1. The van der Waals surface area contributed by atoms with Crippen LogP contribution >= 0.6 is 0 Å². The van der Waals surface area contributed by atoms with Gasteiger partial charge >= 0.3 is 0 Å². The van der Waals surface area contributed by atoms with Crippen LogP contribution < -0.4 is 5.73 Å². The molecule has 0 spiro atoms. The van der Waals surface area contributed by atoms with Crippen molar-refractivity contribution in [1.29, 1.82) is 0 Å². The van der Waals surface area contributed by atoms with E-state index in [1.54, 1.807) is 0 Å². The number of aromatic nitrogens is 3. The average Bonchev–Trinajstić information content (AvgIpc) is 2.83. The van der Waals surface area contributed by atoms with Gasteiger partial charge in [0.2, 0.25) is 0 Å². The smallest absolute Gasteiger partial charge is 0.143 e. The van der Waals surface area contributed by atoms with Crippen molar-refractivity contribution < 1.29 is 10.2 Å². The fraction of sp³-hybridized carbons (Fsp3) is 0.400. The fourth-order valence-electron chi connectivity index (χ4n) is 1.84. The SMILES string of the molecule is [N-]=[N+]=NCCC(O)C(O)c1c[nH]c2ncnc(N)c12. The van der Waals surface area contributed by atoms with Crippen molar-refractivity contribution in [3.8, 4) is 0 Å². The number of nitrogens with one attached hydrogen (secondary N) is 1. The first-order chi connectivity index (χ1) is 9.15. The molecule has 0 saturated heterocycles. The first-order valence-corrected chi connectivity index (χ1v) is 5.59. The molecule has 100 valence electrons. The number of aliphatic hydroxyl groups excluding tert-OH is 2. The van der Waals surface area contributed by atoms with E-state index in [9.17, 15) is 10.2 Å². The van der Waals surface area contributed by atoms with Gasteiger partial charge in [-0.25, -0.2) is 9.97 Å². The van der Waals surface area contributed by atoms with E-state index < -0.39 is 12.2 Å². The Hall–Kier alpha value is -2.35. The zero-order valence-electron chi connectivity index (χ0n) is 9.93. The lowest BCUT2D eigenvalue weighted by Crippen LogP contribution is -2.19. The molecule has 0 aliphatic rings. The second-order valence-corrected chi connectivity index (χ2v) is 3.98. The number of nitrogens with zero attached hydrogens (tertiary/aromatic N) is 5. The van der Waals surface area contributed by atoms with E-state index in [0.717, 1.165) is 0 Å². The summed E-state index contributed by atoms with van der Waals surface area (Å²) in [6, 6.07) is 0. The maximum absolute atomic E-state index is 10.1. The molecule has 0 aromatic carbocycles. The molecule has 9 nitrogen and oxygen atoms in total. The molecule has 2 unspecified atom stereocenters. The Bertz CT molecular complexity index is 619. The highest BCUT2D eigenvalue weighted by molar-refractivity contribution is 5.89. The largest absolute Gasteiger partial charge is 0.390 e. The van der Waals surface area contributed by atoms with Crippen LogP contribution in [0.5, 0.6) is 0 Å². The van der Waals surface area contributed by atoms with Crippen molar-refractivity contribution in [1.82, 2.24) is 15.0 Å². The molecule has 2 heterocycles. The van der Waals surface area contributed by atoms with Crippen LogP contribution in [0.25, 0.3) is 21.5 Å². The molecule has 2 aromatic rings. The number of nitrogens with two attached hydrogens (primary N) is 1. The summed E-state index contributed by atoms with van der Waals surface area (Å²) in [5.41, 5.74) is 14.8. The molecule has 0 aliphatic carbocycles. The third-order valence-electron chi connectivity index (χ3n) is 2.80. The maximum atomic E-state index is 10.1. The van der Waals surface area contributed by atoms with Crippen molar-refractivity contribution >= 4 is 16.9 Å². The lowest BCUT2D eigenvalue weighted by atomic mass is 10.0. The predicted molar refractivity (Wildman–Crippen MR) is 67.9 cm³/mol. The fourth-order valence-corrected chi connectivity index (χ4v) is 1.84. The van der Waals surface area contributed by atoms with Crippen molar-refractivity contribution in [3.63, 3.8) is 0 Å². The molecule has 2 rings (SSSR count). The molecule has 5 N–H and O–H groups in total. The van der Waals surface area contributed by atoms with E-state index in [1.165, 1.54) is 12.5 Å². The number of aliphatic hydroxyl groups is 2. The minimum atomic E-state index is -1.16. The Kier molecular flexibility index (Phi) is 3.81. The number of nitrogen functional groups attached to an aromatic ring is 1.